The van der Waals surface area contributed by atoms with Crippen molar-refractivity contribution >= 4 is 6.21 Å². The van der Waals surface area contributed by atoms with Crippen LogP contribution in [0.25, 0.3) is 0 Å². The van der Waals surface area contributed by atoms with E-state index in [0.717, 1.165) is 5.56 Å². The fourth-order valence-electron chi connectivity index (χ4n) is 1.49. The molecule has 0 aliphatic rings. The standard InChI is InChI=1S/C14H14N2O2/c17-13-7-6-12(14(18)8-13)10-16-15-9-11-4-2-1-3-5-11/h1-8,10,15,17-18H,9H2/b16-10+. The Morgan fingerprint density at radius 2 is 1.83 bits per heavy atom. The van der Waals surface area contributed by atoms with Crippen molar-refractivity contribution < 1.29 is 10.2 Å². The number of aromatic hydroxyl groups is 2. The van der Waals surface area contributed by atoms with Gasteiger partial charge in [-0.25, -0.2) is 0 Å². The lowest BCUT2D eigenvalue weighted by atomic mass is 10.2. The van der Waals surface area contributed by atoms with E-state index < -0.39 is 0 Å². The van der Waals surface area contributed by atoms with E-state index >= 15 is 0 Å². The van der Waals surface area contributed by atoms with Crippen LogP contribution in [0.2, 0.25) is 0 Å². The summed E-state index contributed by atoms with van der Waals surface area (Å²) in [6.07, 6.45) is 1.51. The summed E-state index contributed by atoms with van der Waals surface area (Å²) >= 11 is 0. The highest BCUT2D eigenvalue weighted by Crippen LogP contribution is 2.20. The zero-order valence-electron chi connectivity index (χ0n) is 9.74. The summed E-state index contributed by atoms with van der Waals surface area (Å²) in [7, 11) is 0. The number of rotatable bonds is 4. The predicted molar refractivity (Wildman–Crippen MR) is 70.6 cm³/mol. The minimum absolute atomic E-state index is 0.000242. The quantitative estimate of drug-likeness (QED) is 0.569. The maximum atomic E-state index is 9.53. The van der Waals surface area contributed by atoms with Crippen LogP contribution >= 0.6 is 0 Å². The van der Waals surface area contributed by atoms with Crippen LogP contribution in [0.4, 0.5) is 0 Å². The molecule has 0 spiro atoms. The van der Waals surface area contributed by atoms with Gasteiger partial charge in [0, 0.05) is 11.6 Å². The number of nitrogens with zero attached hydrogens (tertiary/aromatic N) is 1. The minimum atomic E-state index is 0.000242. The normalized spacial score (nSPS) is 10.7. The molecule has 0 fully saturated rings. The second-order valence-electron chi connectivity index (χ2n) is 3.82. The van der Waals surface area contributed by atoms with E-state index in [9.17, 15) is 5.11 Å². The van der Waals surface area contributed by atoms with Crippen LogP contribution in [0.3, 0.4) is 0 Å². The summed E-state index contributed by atoms with van der Waals surface area (Å²) < 4.78 is 0. The first-order valence-electron chi connectivity index (χ1n) is 5.57. The molecule has 0 amide bonds. The van der Waals surface area contributed by atoms with Gasteiger partial charge in [-0.1, -0.05) is 30.3 Å². The second-order valence-corrected chi connectivity index (χ2v) is 3.82. The molecule has 2 rings (SSSR count). The average molecular weight is 242 g/mol. The molecule has 4 nitrogen and oxygen atoms in total. The number of nitrogens with one attached hydrogen (secondary N) is 1. The average Bonchev–Trinajstić information content (AvgIpc) is 2.38. The number of hydrogen-bond acceptors (Lipinski definition) is 4. The highest BCUT2D eigenvalue weighted by Gasteiger charge is 1.98. The minimum Gasteiger partial charge on any atom is -0.508 e. The van der Waals surface area contributed by atoms with Gasteiger partial charge in [0.05, 0.1) is 12.8 Å². The van der Waals surface area contributed by atoms with E-state index in [1.807, 2.05) is 30.3 Å². The Kier molecular flexibility index (Phi) is 3.81. The molecule has 3 N–H and O–H groups in total. The molecular formula is C14H14N2O2. The fraction of sp³-hybridized carbons (Fsp3) is 0.0714. The Labute approximate surface area is 105 Å². The van der Waals surface area contributed by atoms with Gasteiger partial charge in [0.1, 0.15) is 11.5 Å². The van der Waals surface area contributed by atoms with Crippen molar-refractivity contribution in [2.75, 3.05) is 0 Å². The maximum absolute atomic E-state index is 9.53. The molecule has 18 heavy (non-hydrogen) atoms. The molecule has 0 saturated carbocycles. The van der Waals surface area contributed by atoms with Crippen molar-refractivity contribution in [1.29, 1.82) is 0 Å². The molecule has 0 unspecified atom stereocenters. The molecule has 4 heteroatoms. The molecule has 92 valence electrons. The summed E-state index contributed by atoms with van der Waals surface area (Å²) in [5, 5.41) is 22.7. The van der Waals surface area contributed by atoms with E-state index in [0.29, 0.717) is 12.1 Å². The fourth-order valence-corrected chi connectivity index (χ4v) is 1.49. The van der Waals surface area contributed by atoms with Crippen LogP contribution in [0, 0.1) is 0 Å². The highest BCUT2D eigenvalue weighted by atomic mass is 16.3. The summed E-state index contributed by atoms with van der Waals surface area (Å²) in [5.74, 6) is 0.0298. The molecule has 0 aliphatic heterocycles. The molecule has 0 radical (unpaired) electrons. The van der Waals surface area contributed by atoms with Crippen molar-refractivity contribution in [2.45, 2.75) is 6.54 Å². The number of hydrogen-bond donors (Lipinski definition) is 3. The number of hydrazone groups is 1. The first-order chi connectivity index (χ1) is 8.75. The van der Waals surface area contributed by atoms with Gasteiger partial charge in [-0.15, -0.1) is 0 Å². The lowest BCUT2D eigenvalue weighted by molar-refractivity contribution is 0.450. The van der Waals surface area contributed by atoms with Gasteiger partial charge >= 0.3 is 0 Å². The van der Waals surface area contributed by atoms with E-state index in [4.69, 9.17) is 5.11 Å². The Balaban J connectivity index is 1.92. The third-order valence-electron chi connectivity index (χ3n) is 2.43. The Morgan fingerprint density at radius 3 is 2.56 bits per heavy atom. The molecule has 2 aromatic rings. The van der Waals surface area contributed by atoms with E-state index in [2.05, 4.69) is 10.5 Å². The third kappa shape index (κ3) is 3.25. The summed E-state index contributed by atoms with van der Waals surface area (Å²) in [5.41, 5.74) is 4.57. The van der Waals surface area contributed by atoms with Crippen molar-refractivity contribution in [3.05, 3.63) is 59.7 Å². The zero-order chi connectivity index (χ0) is 12.8. The van der Waals surface area contributed by atoms with Gasteiger partial charge < -0.3 is 15.6 Å². The second kappa shape index (κ2) is 5.72. The Hall–Kier alpha value is -2.49. The SMILES string of the molecule is Oc1ccc(/C=N/NCc2ccccc2)c(O)c1. The van der Waals surface area contributed by atoms with Crippen LogP contribution in [0.5, 0.6) is 11.5 Å². The number of phenolic OH excluding ortho intramolecular Hbond substituents is 2. The first-order valence-corrected chi connectivity index (χ1v) is 5.57. The number of phenols is 2. The van der Waals surface area contributed by atoms with Gasteiger partial charge in [0.15, 0.2) is 0 Å². The van der Waals surface area contributed by atoms with Gasteiger partial charge in [0.25, 0.3) is 0 Å². The van der Waals surface area contributed by atoms with Crippen molar-refractivity contribution in [1.82, 2.24) is 5.43 Å². The smallest absolute Gasteiger partial charge is 0.128 e. The van der Waals surface area contributed by atoms with Crippen molar-refractivity contribution in [3.8, 4) is 11.5 Å². The van der Waals surface area contributed by atoms with E-state index in [1.54, 1.807) is 6.07 Å². The van der Waals surface area contributed by atoms with Crippen molar-refractivity contribution in [2.24, 2.45) is 5.10 Å². The Morgan fingerprint density at radius 1 is 1.06 bits per heavy atom. The molecule has 0 aromatic heterocycles. The molecule has 0 aliphatic carbocycles. The number of benzene rings is 2. The predicted octanol–water partition coefficient (Wildman–Crippen LogP) is 2.22. The van der Waals surface area contributed by atoms with Gasteiger partial charge in [-0.05, 0) is 17.7 Å². The molecular weight excluding hydrogens is 228 g/mol. The third-order valence-corrected chi connectivity index (χ3v) is 2.43. The lowest BCUT2D eigenvalue weighted by Crippen LogP contribution is -2.05. The first kappa shape index (κ1) is 12.0. The van der Waals surface area contributed by atoms with Gasteiger partial charge in [-0.2, -0.15) is 5.10 Å². The Bertz CT molecular complexity index is 539. The maximum Gasteiger partial charge on any atom is 0.128 e. The monoisotopic (exact) mass is 242 g/mol. The summed E-state index contributed by atoms with van der Waals surface area (Å²) in [4.78, 5) is 0. The van der Waals surface area contributed by atoms with Crippen molar-refractivity contribution in [3.63, 3.8) is 0 Å². The summed E-state index contributed by atoms with van der Waals surface area (Å²) in [6.45, 7) is 0.621. The van der Waals surface area contributed by atoms with Gasteiger partial charge in [-0.3, -0.25) is 0 Å². The topological polar surface area (TPSA) is 64.9 Å². The molecule has 0 atom stereocenters. The molecule has 2 aromatic carbocycles. The van der Waals surface area contributed by atoms with Crippen LogP contribution in [0.1, 0.15) is 11.1 Å². The van der Waals surface area contributed by atoms with Crippen LogP contribution < -0.4 is 5.43 Å². The van der Waals surface area contributed by atoms with E-state index in [1.165, 1.54) is 18.3 Å². The van der Waals surface area contributed by atoms with Gasteiger partial charge in [0.2, 0.25) is 0 Å². The molecule has 0 bridgehead atoms. The van der Waals surface area contributed by atoms with Crippen LogP contribution in [-0.4, -0.2) is 16.4 Å². The highest BCUT2D eigenvalue weighted by molar-refractivity contribution is 5.83. The zero-order valence-corrected chi connectivity index (χ0v) is 9.74. The molecule has 0 heterocycles. The largest absolute Gasteiger partial charge is 0.508 e. The van der Waals surface area contributed by atoms with Crippen LogP contribution in [-0.2, 0) is 6.54 Å². The van der Waals surface area contributed by atoms with E-state index in [-0.39, 0.29) is 11.5 Å². The van der Waals surface area contributed by atoms with Crippen LogP contribution in [0.15, 0.2) is 53.6 Å². The summed E-state index contributed by atoms with van der Waals surface area (Å²) in [6, 6.07) is 14.3. The lowest BCUT2D eigenvalue weighted by Gasteiger charge is -2.01. The molecule has 0 saturated heterocycles.